The standard InChI is InChI=1S/C16H21N4/c1-19-9-8-18-16(19)13-20(2,3)10-7-14-5-4-6-15(11-14)12-17/h4-6,8-9,11H,7,10,13H2,1-3H3/q+1. The van der Waals surface area contributed by atoms with Gasteiger partial charge in [-0.15, -0.1) is 0 Å². The summed E-state index contributed by atoms with van der Waals surface area (Å²) >= 11 is 0. The summed E-state index contributed by atoms with van der Waals surface area (Å²) in [6.45, 7) is 1.92. The molecule has 4 nitrogen and oxygen atoms in total. The number of quaternary nitrogens is 1. The van der Waals surface area contributed by atoms with Gasteiger partial charge in [-0.1, -0.05) is 12.1 Å². The number of aryl methyl sites for hydroxylation is 1. The summed E-state index contributed by atoms with van der Waals surface area (Å²) in [4.78, 5) is 4.39. The number of rotatable bonds is 5. The van der Waals surface area contributed by atoms with Gasteiger partial charge in [0.15, 0.2) is 5.82 Å². The Balaban J connectivity index is 1.98. The van der Waals surface area contributed by atoms with Crippen LogP contribution in [0.2, 0.25) is 0 Å². The van der Waals surface area contributed by atoms with Gasteiger partial charge in [-0.25, -0.2) is 4.98 Å². The minimum Gasteiger partial charge on any atom is -0.333 e. The van der Waals surface area contributed by atoms with Crippen molar-refractivity contribution in [2.45, 2.75) is 13.0 Å². The molecule has 0 aliphatic heterocycles. The number of hydrogen-bond acceptors (Lipinski definition) is 2. The smallest absolute Gasteiger partial charge is 0.164 e. The third-order valence-corrected chi connectivity index (χ3v) is 3.55. The van der Waals surface area contributed by atoms with Gasteiger partial charge < -0.3 is 9.05 Å². The summed E-state index contributed by atoms with van der Waals surface area (Å²) in [5.74, 6) is 1.10. The first-order valence-electron chi connectivity index (χ1n) is 6.77. The van der Waals surface area contributed by atoms with Crippen LogP contribution in [0.1, 0.15) is 17.0 Å². The van der Waals surface area contributed by atoms with Crippen molar-refractivity contribution in [1.29, 1.82) is 5.26 Å². The van der Waals surface area contributed by atoms with Gasteiger partial charge in [0.05, 0.1) is 32.3 Å². The average Bonchev–Trinajstić information content (AvgIpc) is 2.82. The Labute approximate surface area is 120 Å². The first kappa shape index (κ1) is 14.3. The zero-order chi connectivity index (χ0) is 14.6. The van der Waals surface area contributed by atoms with E-state index in [1.807, 2.05) is 37.6 Å². The Morgan fingerprint density at radius 2 is 2.15 bits per heavy atom. The van der Waals surface area contributed by atoms with E-state index in [1.54, 1.807) is 0 Å². The molecular formula is C16H21N4+. The quantitative estimate of drug-likeness (QED) is 0.780. The summed E-state index contributed by atoms with van der Waals surface area (Å²) in [6.07, 6.45) is 4.78. The molecule has 0 N–H and O–H groups in total. The molecule has 0 radical (unpaired) electrons. The SMILES string of the molecule is Cn1ccnc1C[N+](C)(C)CCc1cccc(C#N)c1. The molecule has 0 unspecified atom stereocenters. The second-order valence-corrected chi connectivity index (χ2v) is 5.83. The van der Waals surface area contributed by atoms with Crippen LogP contribution in [0, 0.1) is 11.3 Å². The molecule has 20 heavy (non-hydrogen) atoms. The third-order valence-electron chi connectivity index (χ3n) is 3.55. The molecule has 0 saturated heterocycles. The lowest BCUT2D eigenvalue weighted by atomic mass is 10.1. The van der Waals surface area contributed by atoms with Gasteiger partial charge in [-0.3, -0.25) is 0 Å². The van der Waals surface area contributed by atoms with Gasteiger partial charge in [0, 0.05) is 25.9 Å². The van der Waals surface area contributed by atoms with Crippen molar-refractivity contribution in [1.82, 2.24) is 9.55 Å². The maximum Gasteiger partial charge on any atom is 0.164 e. The molecule has 1 aromatic carbocycles. The van der Waals surface area contributed by atoms with Crippen LogP contribution < -0.4 is 0 Å². The predicted molar refractivity (Wildman–Crippen MR) is 78.7 cm³/mol. The fourth-order valence-electron chi connectivity index (χ4n) is 2.24. The van der Waals surface area contributed by atoms with Crippen LogP contribution in [0.3, 0.4) is 0 Å². The molecule has 0 fully saturated rings. The molecule has 104 valence electrons. The van der Waals surface area contributed by atoms with E-state index in [2.05, 4.69) is 35.8 Å². The van der Waals surface area contributed by atoms with Crippen molar-refractivity contribution in [3.63, 3.8) is 0 Å². The van der Waals surface area contributed by atoms with Crippen LogP contribution >= 0.6 is 0 Å². The molecule has 0 spiro atoms. The number of aromatic nitrogens is 2. The number of likely N-dealkylation sites (N-methyl/N-ethyl adjacent to an activating group) is 1. The Morgan fingerprint density at radius 1 is 1.35 bits per heavy atom. The van der Waals surface area contributed by atoms with Gasteiger partial charge in [0.25, 0.3) is 0 Å². The third kappa shape index (κ3) is 3.69. The van der Waals surface area contributed by atoms with Crippen molar-refractivity contribution >= 4 is 0 Å². The lowest BCUT2D eigenvalue weighted by molar-refractivity contribution is -0.904. The van der Waals surface area contributed by atoms with E-state index in [1.165, 1.54) is 5.56 Å². The van der Waals surface area contributed by atoms with Crippen LogP contribution in [0.15, 0.2) is 36.7 Å². The first-order valence-corrected chi connectivity index (χ1v) is 6.77. The number of nitriles is 1. The Morgan fingerprint density at radius 3 is 2.80 bits per heavy atom. The zero-order valence-electron chi connectivity index (χ0n) is 12.4. The molecule has 0 bridgehead atoms. The maximum atomic E-state index is 8.93. The normalized spacial score (nSPS) is 11.3. The number of nitrogens with zero attached hydrogens (tertiary/aromatic N) is 4. The van der Waals surface area contributed by atoms with E-state index in [0.717, 1.165) is 35.4 Å². The summed E-state index contributed by atoms with van der Waals surface area (Å²) < 4.78 is 2.94. The van der Waals surface area contributed by atoms with E-state index in [4.69, 9.17) is 5.26 Å². The molecule has 1 aromatic heterocycles. The second kappa shape index (κ2) is 5.89. The highest BCUT2D eigenvalue weighted by atomic mass is 15.3. The van der Waals surface area contributed by atoms with E-state index < -0.39 is 0 Å². The largest absolute Gasteiger partial charge is 0.333 e. The van der Waals surface area contributed by atoms with Crippen molar-refractivity contribution in [2.24, 2.45) is 7.05 Å². The highest BCUT2D eigenvalue weighted by Gasteiger charge is 2.18. The number of imidazole rings is 1. The van der Waals surface area contributed by atoms with Gasteiger partial charge in [-0.2, -0.15) is 5.26 Å². The van der Waals surface area contributed by atoms with Crippen LogP contribution in [-0.2, 0) is 20.0 Å². The van der Waals surface area contributed by atoms with Crippen molar-refractivity contribution < 1.29 is 4.48 Å². The lowest BCUT2D eigenvalue weighted by Crippen LogP contribution is -2.41. The van der Waals surface area contributed by atoms with Gasteiger partial charge in [0.1, 0.15) is 6.54 Å². The van der Waals surface area contributed by atoms with Gasteiger partial charge in [0.2, 0.25) is 0 Å². The maximum absolute atomic E-state index is 8.93. The van der Waals surface area contributed by atoms with Crippen LogP contribution in [0.4, 0.5) is 0 Å². The van der Waals surface area contributed by atoms with Crippen molar-refractivity contribution in [3.05, 3.63) is 53.6 Å². The minimum atomic E-state index is 0.733. The highest BCUT2D eigenvalue weighted by Crippen LogP contribution is 2.11. The van der Waals surface area contributed by atoms with Crippen LogP contribution in [0.5, 0.6) is 0 Å². The van der Waals surface area contributed by atoms with Crippen molar-refractivity contribution in [3.8, 4) is 6.07 Å². The van der Waals surface area contributed by atoms with E-state index in [9.17, 15) is 0 Å². The number of hydrogen-bond donors (Lipinski definition) is 0. The molecular weight excluding hydrogens is 248 g/mol. The molecule has 0 saturated carbocycles. The fourth-order valence-corrected chi connectivity index (χ4v) is 2.24. The van der Waals surface area contributed by atoms with Gasteiger partial charge in [-0.05, 0) is 17.7 Å². The Hall–Kier alpha value is -2.12. The summed E-state index contributed by atoms with van der Waals surface area (Å²) in [5, 5.41) is 8.93. The molecule has 1 heterocycles. The molecule has 0 amide bonds. The molecule has 0 aliphatic rings. The summed E-state index contributed by atoms with van der Waals surface area (Å²) in [6, 6.07) is 10.0. The molecule has 2 rings (SSSR count). The van der Waals surface area contributed by atoms with E-state index in [0.29, 0.717) is 0 Å². The van der Waals surface area contributed by atoms with Crippen LogP contribution in [-0.4, -0.2) is 34.7 Å². The second-order valence-electron chi connectivity index (χ2n) is 5.83. The average molecular weight is 269 g/mol. The highest BCUT2D eigenvalue weighted by molar-refractivity contribution is 5.32. The molecule has 4 heteroatoms. The fraction of sp³-hybridized carbons (Fsp3) is 0.375. The lowest BCUT2D eigenvalue weighted by Gasteiger charge is -2.29. The molecule has 0 aliphatic carbocycles. The molecule has 0 atom stereocenters. The minimum absolute atomic E-state index is 0.733. The first-order chi connectivity index (χ1) is 9.50. The predicted octanol–water partition coefficient (Wildman–Crippen LogP) is 2.11. The summed E-state index contributed by atoms with van der Waals surface area (Å²) in [5.41, 5.74) is 1.95. The van der Waals surface area contributed by atoms with E-state index >= 15 is 0 Å². The Bertz CT molecular complexity index is 619. The number of benzene rings is 1. The summed E-state index contributed by atoms with van der Waals surface area (Å²) in [7, 11) is 6.45. The van der Waals surface area contributed by atoms with E-state index in [-0.39, 0.29) is 0 Å². The zero-order valence-corrected chi connectivity index (χ0v) is 12.4. The van der Waals surface area contributed by atoms with Crippen molar-refractivity contribution in [2.75, 3.05) is 20.6 Å². The van der Waals surface area contributed by atoms with Gasteiger partial charge >= 0.3 is 0 Å². The van der Waals surface area contributed by atoms with Crippen LogP contribution in [0.25, 0.3) is 0 Å². The Kier molecular flexibility index (Phi) is 4.21. The monoisotopic (exact) mass is 269 g/mol. The topological polar surface area (TPSA) is 41.6 Å². The molecule has 2 aromatic rings.